The van der Waals surface area contributed by atoms with Gasteiger partial charge in [0.2, 0.25) is 5.43 Å². The first-order valence-corrected chi connectivity index (χ1v) is 7.01. The van der Waals surface area contributed by atoms with Crippen molar-refractivity contribution in [1.29, 1.82) is 0 Å². The SMILES string of the molecule is CCN1CCOC(C(=O)NCc2cc(=O)c(O)cn2C)C1. The van der Waals surface area contributed by atoms with Gasteiger partial charge in [0.15, 0.2) is 5.75 Å². The molecule has 0 bridgehead atoms. The third kappa shape index (κ3) is 3.83. The number of hydrogen-bond donors (Lipinski definition) is 2. The highest BCUT2D eigenvalue weighted by Crippen LogP contribution is 2.06. The largest absolute Gasteiger partial charge is 0.503 e. The standard InChI is InChI=1S/C14H21N3O4/c1-3-17-4-5-21-13(9-17)14(20)15-7-10-6-11(18)12(19)8-16(10)2/h6,8,13,19H,3-5,7,9H2,1-2H3,(H,15,20). The lowest BCUT2D eigenvalue weighted by Gasteiger charge is -2.31. The smallest absolute Gasteiger partial charge is 0.250 e. The second kappa shape index (κ2) is 6.73. The van der Waals surface area contributed by atoms with Crippen LogP contribution in [0, 0.1) is 0 Å². The van der Waals surface area contributed by atoms with Crippen molar-refractivity contribution in [3.8, 4) is 5.75 Å². The highest BCUT2D eigenvalue weighted by molar-refractivity contribution is 5.81. The molecule has 1 aromatic heterocycles. The molecule has 1 aliphatic rings. The van der Waals surface area contributed by atoms with E-state index >= 15 is 0 Å². The minimum Gasteiger partial charge on any atom is -0.503 e. The molecule has 1 fully saturated rings. The monoisotopic (exact) mass is 295 g/mol. The van der Waals surface area contributed by atoms with Crippen molar-refractivity contribution in [2.24, 2.45) is 7.05 Å². The third-order valence-corrected chi connectivity index (χ3v) is 3.65. The molecule has 0 aliphatic carbocycles. The van der Waals surface area contributed by atoms with Gasteiger partial charge in [-0.15, -0.1) is 0 Å². The Labute approximate surface area is 123 Å². The van der Waals surface area contributed by atoms with Gasteiger partial charge < -0.3 is 19.7 Å². The topological polar surface area (TPSA) is 83.8 Å². The Bertz CT molecular complexity index is 570. The van der Waals surface area contributed by atoms with Crippen LogP contribution in [0.15, 0.2) is 17.1 Å². The van der Waals surface area contributed by atoms with E-state index < -0.39 is 11.5 Å². The minimum absolute atomic E-state index is 0.186. The number of carbonyl (C=O) groups is 1. The van der Waals surface area contributed by atoms with Crippen molar-refractivity contribution in [1.82, 2.24) is 14.8 Å². The van der Waals surface area contributed by atoms with E-state index in [1.807, 2.05) is 6.92 Å². The molecule has 7 heteroatoms. The number of aromatic hydroxyl groups is 1. The van der Waals surface area contributed by atoms with E-state index in [0.717, 1.165) is 13.1 Å². The molecular formula is C14H21N3O4. The summed E-state index contributed by atoms with van der Waals surface area (Å²) >= 11 is 0. The summed E-state index contributed by atoms with van der Waals surface area (Å²) in [5.74, 6) is -0.490. The number of rotatable bonds is 4. The molecule has 0 spiro atoms. The van der Waals surface area contributed by atoms with Crippen LogP contribution < -0.4 is 10.7 Å². The zero-order valence-electron chi connectivity index (χ0n) is 12.3. The van der Waals surface area contributed by atoms with Crippen LogP contribution in [0.5, 0.6) is 5.75 Å². The van der Waals surface area contributed by atoms with E-state index in [2.05, 4.69) is 10.2 Å². The van der Waals surface area contributed by atoms with E-state index in [0.29, 0.717) is 18.8 Å². The number of amides is 1. The number of nitrogens with one attached hydrogen (secondary N) is 1. The summed E-state index contributed by atoms with van der Waals surface area (Å²) in [5.41, 5.74) is 0.165. The second-order valence-electron chi connectivity index (χ2n) is 5.10. The molecular weight excluding hydrogens is 274 g/mol. The average Bonchev–Trinajstić information content (AvgIpc) is 2.49. The molecule has 1 atom stereocenters. The lowest BCUT2D eigenvalue weighted by atomic mass is 10.2. The van der Waals surface area contributed by atoms with Gasteiger partial charge in [-0.3, -0.25) is 14.5 Å². The van der Waals surface area contributed by atoms with Crippen LogP contribution >= 0.6 is 0 Å². The molecule has 1 aromatic rings. The van der Waals surface area contributed by atoms with Gasteiger partial charge in [0.05, 0.1) is 13.2 Å². The lowest BCUT2D eigenvalue weighted by molar-refractivity contribution is -0.138. The first kappa shape index (κ1) is 15.5. The molecule has 1 amide bonds. The first-order chi connectivity index (χ1) is 10.0. The number of aromatic nitrogens is 1. The summed E-state index contributed by atoms with van der Waals surface area (Å²) in [5, 5.41) is 12.1. The molecule has 2 heterocycles. The molecule has 0 saturated carbocycles. The Balaban J connectivity index is 1.95. The van der Waals surface area contributed by atoms with Gasteiger partial charge >= 0.3 is 0 Å². The molecule has 116 valence electrons. The highest BCUT2D eigenvalue weighted by atomic mass is 16.5. The maximum Gasteiger partial charge on any atom is 0.250 e. The van der Waals surface area contributed by atoms with Crippen molar-refractivity contribution in [2.75, 3.05) is 26.2 Å². The van der Waals surface area contributed by atoms with Crippen LogP contribution in [-0.4, -0.2) is 52.8 Å². The average molecular weight is 295 g/mol. The highest BCUT2D eigenvalue weighted by Gasteiger charge is 2.25. The van der Waals surface area contributed by atoms with Crippen LogP contribution in [0.4, 0.5) is 0 Å². The van der Waals surface area contributed by atoms with Crippen molar-refractivity contribution in [3.05, 3.63) is 28.2 Å². The van der Waals surface area contributed by atoms with Gasteiger partial charge in [0.1, 0.15) is 6.10 Å². The third-order valence-electron chi connectivity index (χ3n) is 3.65. The van der Waals surface area contributed by atoms with Crippen LogP contribution in [-0.2, 0) is 23.1 Å². The zero-order valence-corrected chi connectivity index (χ0v) is 12.3. The molecule has 0 radical (unpaired) electrons. The zero-order chi connectivity index (χ0) is 15.4. The lowest BCUT2D eigenvalue weighted by Crippen LogP contribution is -2.49. The van der Waals surface area contributed by atoms with Crippen molar-refractivity contribution < 1.29 is 14.6 Å². The summed E-state index contributed by atoms with van der Waals surface area (Å²) < 4.78 is 7.08. The summed E-state index contributed by atoms with van der Waals surface area (Å²) in [4.78, 5) is 25.7. The Morgan fingerprint density at radius 1 is 1.57 bits per heavy atom. The predicted molar refractivity (Wildman–Crippen MR) is 77.0 cm³/mol. The van der Waals surface area contributed by atoms with Gasteiger partial charge in [-0.2, -0.15) is 0 Å². The van der Waals surface area contributed by atoms with Gasteiger partial charge in [0, 0.05) is 38.1 Å². The molecule has 2 rings (SSSR count). The maximum absolute atomic E-state index is 12.1. The molecule has 1 unspecified atom stereocenters. The normalized spacial score (nSPS) is 19.4. The van der Waals surface area contributed by atoms with E-state index in [9.17, 15) is 14.7 Å². The van der Waals surface area contributed by atoms with Crippen LogP contribution in [0.2, 0.25) is 0 Å². The van der Waals surface area contributed by atoms with E-state index in [1.165, 1.54) is 12.3 Å². The van der Waals surface area contributed by atoms with E-state index in [1.54, 1.807) is 11.6 Å². The number of likely N-dealkylation sites (N-methyl/N-ethyl adjacent to an activating group) is 1. The summed E-state index contributed by atoms with van der Waals surface area (Å²) in [6.45, 7) is 5.12. The Morgan fingerprint density at radius 3 is 3.05 bits per heavy atom. The Kier molecular flexibility index (Phi) is 4.98. The fourth-order valence-corrected chi connectivity index (χ4v) is 2.27. The second-order valence-corrected chi connectivity index (χ2v) is 5.10. The quantitative estimate of drug-likeness (QED) is 0.777. The summed E-state index contributed by atoms with van der Waals surface area (Å²) in [6.07, 6.45) is 0.854. The number of nitrogens with zero attached hydrogens (tertiary/aromatic N) is 2. The van der Waals surface area contributed by atoms with E-state index in [-0.39, 0.29) is 18.2 Å². The molecule has 1 aliphatic heterocycles. The predicted octanol–water partition coefficient (Wildman–Crippen LogP) is -0.572. The molecule has 2 N–H and O–H groups in total. The Morgan fingerprint density at radius 2 is 2.33 bits per heavy atom. The first-order valence-electron chi connectivity index (χ1n) is 7.01. The van der Waals surface area contributed by atoms with E-state index in [4.69, 9.17) is 4.74 Å². The van der Waals surface area contributed by atoms with Gasteiger partial charge in [-0.25, -0.2) is 0 Å². The molecule has 21 heavy (non-hydrogen) atoms. The number of ether oxygens (including phenoxy) is 1. The Hall–Kier alpha value is -1.86. The minimum atomic E-state index is -0.479. The summed E-state index contributed by atoms with van der Waals surface area (Å²) in [7, 11) is 1.70. The number of hydrogen-bond acceptors (Lipinski definition) is 5. The molecule has 0 aromatic carbocycles. The molecule has 1 saturated heterocycles. The van der Waals surface area contributed by atoms with Gasteiger partial charge in [-0.1, -0.05) is 6.92 Å². The maximum atomic E-state index is 12.1. The van der Waals surface area contributed by atoms with Crippen LogP contribution in [0.3, 0.4) is 0 Å². The fraction of sp³-hybridized carbons (Fsp3) is 0.571. The van der Waals surface area contributed by atoms with Crippen molar-refractivity contribution in [2.45, 2.75) is 19.6 Å². The number of pyridine rings is 1. The van der Waals surface area contributed by atoms with Crippen LogP contribution in [0.1, 0.15) is 12.6 Å². The number of carbonyl (C=O) groups excluding carboxylic acids is 1. The van der Waals surface area contributed by atoms with Gasteiger partial charge in [-0.05, 0) is 6.54 Å². The van der Waals surface area contributed by atoms with Crippen molar-refractivity contribution >= 4 is 5.91 Å². The number of morpholine rings is 1. The fourth-order valence-electron chi connectivity index (χ4n) is 2.27. The van der Waals surface area contributed by atoms with Gasteiger partial charge in [0.25, 0.3) is 5.91 Å². The van der Waals surface area contributed by atoms with Crippen LogP contribution in [0.25, 0.3) is 0 Å². The molecule has 7 nitrogen and oxygen atoms in total. The van der Waals surface area contributed by atoms with Crippen molar-refractivity contribution in [3.63, 3.8) is 0 Å². The number of aryl methyl sites for hydroxylation is 1. The summed E-state index contributed by atoms with van der Waals surface area (Å²) in [6, 6.07) is 1.32.